The number of benzene rings is 1. The van der Waals surface area contributed by atoms with Gasteiger partial charge in [-0.25, -0.2) is 4.68 Å². The Labute approximate surface area is 143 Å². The zero-order chi connectivity index (χ0) is 16.5. The van der Waals surface area contributed by atoms with Crippen LogP contribution in [0.3, 0.4) is 0 Å². The van der Waals surface area contributed by atoms with Crippen molar-refractivity contribution in [2.75, 3.05) is 33.8 Å². The summed E-state index contributed by atoms with van der Waals surface area (Å²) in [6, 6.07) is 8.70. The maximum absolute atomic E-state index is 5.45. The third-order valence-corrected chi connectivity index (χ3v) is 5.36. The first kappa shape index (κ1) is 15.7. The van der Waals surface area contributed by atoms with Crippen molar-refractivity contribution in [3.05, 3.63) is 42.2 Å². The third-order valence-electron chi connectivity index (χ3n) is 5.36. The average Bonchev–Trinajstić information content (AvgIpc) is 2.90. The van der Waals surface area contributed by atoms with Crippen molar-refractivity contribution in [1.29, 1.82) is 0 Å². The van der Waals surface area contributed by atoms with E-state index in [1.807, 2.05) is 35.1 Å². The first-order valence-electron chi connectivity index (χ1n) is 8.82. The normalized spacial score (nSPS) is 24.9. The third kappa shape index (κ3) is 3.06. The Balaban J connectivity index is 1.51. The van der Waals surface area contributed by atoms with Gasteiger partial charge in [0.05, 0.1) is 13.3 Å². The zero-order valence-corrected chi connectivity index (χ0v) is 14.6. The largest absolute Gasteiger partial charge is 0.494 e. The molecular weight excluding hydrogens is 300 g/mol. The molecule has 5 nitrogen and oxygen atoms in total. The second-order valence-electron chi connectivity index (χ2n) is 7.21. The number of piperidine rings is 1. The highest BCUT2D eigenvalue weighted by molar-refractivity contribution is 5.46. The van der Waals surface area contributed by atoms with E-state index < -0.39 is 0 Å². The van der Waals surface area contributed by atoms with E-state index in [2.05, 4.69) is 28.1 Å². The minimum Gasteiger partial charge on any atom is -0.494 e. The number of hydrogen-bond acceptors (Lipinski definition) is 4. The lowest BCUT2D eigenvalue weighted by Crippen LogP contribution is -2.43. The topological polar surface area (TPSA) is 33.5 Å². The maximum Gasteiger partial charge on any atom is 0.144 e. The van der Waals surface area contributed by atoms with Crippen molar-refractivity contribution in [1.82, 2.24) is 19.6 Å². The van der Waals surface area contributed by atoms with Gasteiger partial charge in [0.1, 0.15) is 11.4 Å². The van der Waals surface area contributed by atoms with E-state index in [4.69, 9.17) is 4.74 Å². The number of para-hydroxylation sites is 2. The van der Waals surface area contributed by atoms with Crippen LogP contribution in [0.5, 0.6) is 5.75 Å². The fourth-order valence-corrected chi connectivity index (χ4v) is 4.23. The van der Waals surface area contributed by atoms with Gasteiger partial charge in [0.25, 0.3) is 0 Å². The molecule has 5 rings (SSSR count). The van der Waals surface area contributed by atoms with E-state index in [0.717, 1.165) is 23.9 Å². The van der Waals surface area contributed by atoms with Gasteiger partial charge in [0.2, 0.25) is 0 Å². The Kier molecular flexibility index (Phi) is 4.29. The van der Waals surface area contributed by atoms with Crippen LogP contribution in [0.25, 0.3) is 5.69 Å². The highest BCUT2D eigenvalue weighted by atomic mass is 16.5. The number of fused-ring (bicyclic) bond motifs is 4. The fraction of sp³-hybridized carbons (Fsp3) is 0.526. The first-order valence-corrected chi connectivity index (χ1v) is 8.82. The number of methoxy groups -OCH3 is 1. The van der Waals surface area contributed by atoms with E-state index >= 15 is 0 Å². The molecular formula is C19H26N4O. The van der Waals surface area contributed by atoms with Gasteiger partial charge < -0.3 is 9.64 Å². The smallest absolute Gasteiger partial charge is 0.144 e. The summed E-state index contributed by atoms with van der Waals surface area (Å²) >= 11 is 0. The predicted octanol–water partition coefficient (Wildman–Crippen LogP) is 2.41. The summed E-state index contributed by atoms with van der Waals surface area (Å²) in [7, 11) is 3.96. The summed E-state index contributed by atoms with van der Waals surface area (Å²) in [5.41, 5.74) is 2.26. The van der Waals surface area contributed by atoms with Crippen LogP contribution in [0.1, 0.15) is 18.4 Å². The molecule has 0 aliphatic carbocycles. The van der Waals surface area contributed by atoms with Crippen molar-refractivity contribution < 1.29 is 4.74 Å². The fourth-order valence-electron chi connectivity index (χ4n) is 4.23. The van der Waals surface area contributed by atoms with Crippen molar-refractivity contribution >= 4 is 0 Å². The van der Waals surface area contributed by atoms with Gasteiger partial charge in [-0.3, -0.25) is 4.90 Å². The Hall–Kier alpha value is -1.85. The maximum atomic E-state index is 5.45. The minimum absolute atomic E-state index is 0.684. The molecule has 4 heterocycles. The number of nitrogens with zero attached hydrogens (tertiary/aromatic N) is 4. The molecule has 128 valence electrons. The van der Waals surface area contributed by atoms with Gasteiger partial charge in [0, 0.05) is 44.0 Å². The summed E-state index contributed by atoms with van der Waals surface area (Å²) in [5, 5.41) is 4.56. The van der Waals surface area contributed by atoms with Crippen molar-refractivity contribution in [2.45, 2.75) is 25.4 Å². The van der Waals surface area contributed by atoms with Crippen LogP contribution >= 0.6 is 0 Å². The van der Waals surface area contributed by atoms with Crippen LogP contribution in [0.4, 0.5) is 0 Å². The molecule has 0 amide bonds. The van der Waals surface area contributed by atoms with Crippen LogP contribution in [-0.2, 0) is 6.54 Å². The highest BCUT2D eigenvalue weighted by Crippen LogP contribution is 2.29. The summed E-state index contributed by atoms with van der Waals surface area (Å²) in [4.78, 5) is 5.15. The SMILES string of the molecule is COc1ccccc1-n1cc(CN2C[C@@H]3CC[C@H]2CN(C)C3)cn1. The number of ether oxygens (including phenoxy) is 1. The van der Waals surface area contributed by atoms with Gasteiger partial charge in [-0.15, -0.1) is 0 Å². The Morgan fingerprint density at radius 1 is 1.17 bits per heavy atom. The van der Waals surface area contributed by atoms with Gasteiger partial charge in [-0.05, 0) is 37.9 Å². The number of rotatable bonds is 4. The van der Waals surface area contributed by atoms with Crippen LogP contribution in [-0.4, -0.2) is 59.4 Å². The van der Waals surface area contributed by atoms with Crippen LogP contribution in [0.15, 0.2) is 36.7 Å². The molecule has 0 unspecified atom stereocenters. The second-order valence-corrected chi connectivity index (χ2v) is 7.21. The lowest BCUT2D eigenvalue weighted by atomic mass is 9.95. The van der Waals surface area contributed by atoms with Gasteiger partial charge >= 0.3 is 0 Å². The molecule has 3 saturated heterocycles. The highest BCUT2D eigenvalue weighted by Gasteiger charge is 2.33. The van der Waals surface area contributed by atoms with Crippen LogP contribution < -0.4 is 4.74 Å². The number of hydrogen-bond donors (Lipinski definition) is 0. The van der Waals surface area contributed by atoms with E-state index in [0.29, 0.717) is 6.04 Å². The lowest BCUT2D eigenvalue weighted by Gasteiger charge is -2.35. The van der Waals surface area contributed by atoms with Crippen molar-refractivity contribution in [2.24, 2.45) is 5.92 Å². The molecule has 5 heteroatoms. The van der Waals surface area contributed by atoms with Gasteiger partial charge in [-0.1, -0.05) is 12.1 Å². The molecule has 2 atom stereocenters. The molecule has 1 aromatic heterocycles. The van der Waals surface area contributed by atoms with Crippen LogP contribution in [0.2, 0.25) is 0 Å². The molecule has 3 fully saturated rings. The molecule has 0 N–H and O–H groups in total. The number of likely N-dealkylation sites (N-methyl/N-ethyl adjacent to an activating group) is 1. The van der Waals surface area contributed by atoms with E-state index in [1.165, 1.54) is 38.0 Å². The molecule has 2 bridgehead atoms. The number of aromatic nitrogens is 2. The molecule has 3 aliphatic rings. The Morgan fingerprint density at radius 3 is 2.92 bits per heavy atom. The van der Waals surface area contributed by atoms with Crippen molar-refractivity contribution in [3.8, 4) is 11.4 Å². The minimum atomic E-state index is 0.684. The monoisotopic (exact) mass is 326 g/mol. The molecule has 0 radical (unpaired) electrons. The molecule has 24 heavy (non-hydrogen) atoms. The predicted molar refractivity (Wildman–Crippen MR) is 94.5 cm³/mol. The summed E-state index contributed by atoms with van der Waals surface area (Å²) in [6.07, 6.45) is 6.84. The van der Waals surface area contributed by atoms with Gasteiger partial charge in [-0.2, -0.15) is 5.10 Å². The molecule has 2 aromatic rings. The van der Waals surface area contributed by atoms with E-state index in [9.17, 15) is 0 Å². The van der Waals surface area contributed by atoms with Crippen LogP contribution in [0, 0.1) is 5.92 Å². The zero-order valence-electron chi connectivity index (χ0n) is 14.6. The van der Waals surface area contributed by atoms with Gasteiger partial charge in [0.15, 0.2) is 0 Å². The molecule has 0 saturated carbocycles. The molecule has 1 aromatic carbocycles. The Bertz CT molecular complexity index is 698. The van der Waals surface area contributed by atoms with E-state index in [1.54, 1.807) is 7.11 Å². The average molecular weight is 326 g/mol. The summed E-state index contributed by atoms with van der Waals surface area (Å²) in [6.45, 7) is 4.64. The quantitative estimate of drug-likeness (QED) is 0.864. The first-order chi connectivity index (χ1) is 11.7. The lowest BCUT2D eigenvalue weighted by molar-refractivity contribution is 0.124. The van der Waals surface area contributed by atoms with Crippen molar-refractivity contribution in [3.63, 3.8) is 0 Å². The molecule has 0 spiro atoms. The standard InChI is InChI=1S/C19H26N4O/c1-21-10-15-7-8-17(14-21)22(11-15)12-16-9-20-23(13-16)18-5-3-4-6-19(18)24-2/h3-6,9,13,15,17H,7-8,10-12,14H2,1-2H3/t15-,17+/m1/s1. The second kappa shape index (κ2) is 6.57. The summed E-state index contributed by atoms with van der Waals surface area (Å²) < 4.78 is 7.38. The van der Waals surface area contributed by atoms with E-state index in [-0.39, 0.29) is 0 Å². The Morgan fingerprint density at radius 2 is 2.04 bits per heavy atom. The summed E-state index contributed by atoms with van der Waals surface area (Å²) in [5.74, 6) is 1.67. The molecule has 3 aliphatic heterocycles.